The smallest absolute Gasteiger partial charge is 0.314 e. The van der Waals surface area contributed by atoms with Gasteiger partial charge in [0.05, 0.1) is 5.56 Å². The summed E-state index contributed by atoms with van der Waals surface area (Å²) < 4.78 is 54.0. The molecule has 1 saturated carbocycles. The van der Waals surface area contributed by atoms with Crippen molar-refractivity contribution in [2.75, 3.05) is 26.2 Å². The first-order chi connectivity index (χ1) is 9.98. The Bertz CT molecular complexity index is 505. The van der Waals surface area contributed by atoms with Gasteiger partial charge in [0.2, 0.25) is 0 Å². The molecule has 1 heterocycles. The van der Waals surface area contributed by atoms with Crippen molar-refractivity contribution >= 4 is 0 Å². The highest BCUT2D eigenvalue weighted by Gasteiger charge is 2.44. The van der Waals surface area contributed by atoms with Crippen LogP contribution in [0.4, 0.5) is 17.6 Å². The maximum absolute atomic E-state index is 14.2. The summed E-state index contributed by atoms with van der Waals surface area (Å²) in [6, 6.07) is 2.83. The van der Waals surface area contributed by atoms with E-state index in [1.54, 1.807) is 0 Å². The molecule has 0 spiro atoms. The fraction of sp³-hybridized carbons (Fsp3) is 0.600. The minimum absolute atomic E-state index is 0.140. The van der Waals surface area contributed by atoms with Crippen LogP contribution in [0.1, 0.15) is 30.0 Å². The molecule has 0 amide bonds. The first kappa shape index (κ1) is 14.8. The van der Waals surface area contributed by atoms with Gasteiger partial charge < -0.3 is 5.32 Å². The number of nitrogens with one attached hydrogen (secondary N) is 1. The van der Waals surface area contributed by atoms with E-state index in [0.29, 0.717) is 13.1 Å². The Morgan fingerprint density at radius 1 is 1.14 bits per heavy atom. The molecule has 1 aliphatic carbocycles. The lowest BCUT2D eigenvalue weighted by Gasteiger charge is -2.36. The van der Waals surface area contributed by atoms with Gasteiger partial charge in [-0.2, -0.15) is 13.2 Å². The Morgan fingerprint density at radius 2 is 1.81 bits per heavy atom. The molecule has 2 aliphatic rings. The van der Waals surface area contributed by atoms with Crippen molar-refractivity contribution in [2.45, 2.75) is 25.1 Å². The molecule has 1 aliphatic heterocycles. The minimum atomic E-state index is -4.52. The molecule has 0 unspecified atom stereocenters. The molecular formula is C15H18F4N2. The molecule has 1 atom stereocenters. The lowest BCUT2D eigenvalue weighted by molar-refractivity contribution is -0.139. The van der Waals surface area contributed by atoms with Crippen LogP contribution in [0.2, 0.25) is 0 Å². The summed E-state index contributed by atoms with van der Waals surface area (Å²) in [4.78, 5) is 2.00. The quantitative estimate of drug-likeness (QED) is 0.863. The number of hydrogen-bond donors (Lipinski definition) is 1. The highest BCUT2D eigenvalue weighted by Crippen LogP contribution is 2.48. The first-order valence-corrected chi connectivity index (χ1v) is 7.29. The zero-order valence-electron chi connectivity index (χ0n) is 11.6. The largest absolute Gasteiger partial charge is 0.416 e. The summed E-state index contributed by atoms with van der Waals surface area (Å²) in [6.07, 6.45) is -2.76. The lowest BCUT2D eigenvalue weighted by Crippen LogP contribution is -2.46. The number of piperazine rings is 1. The van der Waals surface area contributed by atoms with E-state index >= 15 is 0 Å². The van der Waals surface area contributed by atoms with E-state index in [-0.39, 0.29) is 11.5 Å². The SMILES string of the molecule is Fc1cccc(C(F)(F)F)c1[C@H](C1CC1)N1CCNCC1. The Morgan fingerprint density at radius 3 is 2.38 bits per heavy atom. The van der Waals surface area contributed by atoms with Crippen LogP contribution in [0, 0.1) is 11.7 Å². The van der Waals surface area contributed by atoms with E-state index < -0.39 is 23.6 Å². The van der Waals surface area contributed by atoms with Crippen molar-refractivity contribution in [3.05, 3.63) is 35.1 Å². The second-order valence-electron chi connectivity index (χ2n) is 5.77. The fourth-order valence-corrected chi connectivity index (χ4v) is 3.17. The van der Waals surface area contributed by atoms with Crippen molar-refractivity contribution in [3.63, 3.8) is 0 Å². The van der Waals surface area contributed by atoms with Gasteiger partial charge in [-0.3, -0.25) is 4.90 Å². The van der Waals surface area contributed by atoms with Crippen LogP contribution >= 0.6 is 0 Å². The summed E-state index contributed by atoms with van der Waals surface area (Å²) in [5, 5.41) is 3.18. The highest BCUT2D eigenvalue weighted by atomic mass is 19.4. The molecular weight excluding hydrogens is 284 g/mol. The van der Waals surface area contributed by atoms with Gasteiger partial charge in [-0.05, 0) is 30.9 Å². The summed E-state index contributed by atoms with van der Waals surface area (Å²) in [6.45, 7) is 2.79. The molecule has 6 heteroatoms. The number of hydrogen-bond acceptors (Lipinski definition) is 2. The van der Waals surface area contributed by atoms with E-state index in [0.717, 1.165) is 44.1 Å². The van der Waals surface area contributed by atoms with Gasteiger partial charge in [-0.25, -0.2) is 4.39 Å². The molecule has 1 aromatic rings. The van der Waals surface area contributed by atoms with E-state index in [9.17, 15) is 17.6 Å². The summed E-state index contributed by atoms with van der Waals surface area (Å²) in [5.74, 6) is -0.596. The Kier molecular flexibility index (Phi) is 3.92. The number of benzene rings is 1. The van der Waals surface area contributed by atoms with Crippen LogP contribution in [0.15, 0.2) is 18.2 Å². The lowest BCUT2D eigenvalue weighted by atomic mass is 9.94. The van der Waals surface area contributed by atoms with Crippen LogP contribution in [0.25, 0.3) is 0 Å². The van der Waals surface area contributed by atoms with Gasteiger partial charge in [0.15, 0.2) is 0 Å². The molecule has 0 bridgehead atoms. The van der Waals surface area contributed by atoms with Crippen LogP contribution in [-0.4, -0.2) is 31.1 Å². The third-order valence-corrected chi connectivity index (χ3v) is 4.27. The predicted octanol–water partition coefficient (Wildman–Crippen LogP) is 3.20. The summed E-state index contributed by atoms with van der Waals surface area (Å²) in [5.41, 5.74) is -0.979. The van der Waals surface area contributed by atoms with Gasteiger partial charge in [-0.1, -0.05) is 6.07 Å². The average Bonchev–Trinajstić information content (AvgIpc) is 3.25. The summed E-state index contributed by atoms with van der Waals surface area (Å²) in [7, 11) is 0. The molecule has 1 N–H and O–H groups in total. The maximum Gasteiger partial charge on any atom is 0.416 e. The molecule has 2 nitrogen and oxygen atoms in total. The van der Waals surface area contributed by atoms with Crippen molar-refractivity contribution < 1.29 is 17.6 Å². The Labute approximate surface area is 121 Å². The van der Waals surface area contributed by atoms with Crippen molar-refractivity contribution in [1.82, 2.24) is 10.2 Å². The number of nitrogens with zero attached hydrogens (tertiary/aromatic N) is 1. The van der Waals surface area contributed by atoms with Gasteiger partial charge >= 0.3 is 6.18 Å². The van der Waals surface area contributed by atoms with E-state index in [1.165, 1.54) is 0 Å². The fourth-order valence-electron chi connectivity index (χ4n) is 3.17. The molecule has 1 saturated heterocycles. The third kappa shape index (κ3) is 3.06. The van der Waals surface area contributed by atoms with Crippen LogP contribution < -0.4 is 5.32 Å². The van der Waals surface area contributed by atoms with E-state index in [2.05, 4.69) is 5.32 Å². The Hall–Kier alpha value is -1.14. The zero-order valence-corrected chi connectivity index (χ0v) is 11.6. The van der Waals surface area contributed by atoms with Gasteiger partial charge in [-0.15, -0.1) is 0 Å². The van der Waals surface area contributed by atoms with Gasteiger partial charge in [0.25, 0.3) is 0 Å². The van der Waals surface area contributed by atoms with Crippen LogP contribution in [0.5, 0.6) is 0 Å². The normalized spacial score (nSPS) is 22.3. The van der Waals surface area contributed by atoms with Gasteiger partial charge in [0, 0.05) is 37.8 Å². The van der Waals surface area contributed by atoms with Crippen molar-refractivity contribution in [1.29, 1.82) is 0 Å². The molecule has 0 aromatic heterocycles. The first-order valence-electron chi connectivity index (χ1n) is 7.29. The standard InChI is InChI=1S/C15H18F4N2/c16-12-3-1-2-11(15(17,18)19)13(12)14(10-4-5-10)21-8-6-20-7-9-21/h1-3,10,14,20H,4-9H2/t14-/m0/s1. The van der Waals surface area contributed by atoms with E-state index in [1.807, 2.05) is 4.90 Å². The average molecular weight is 302 g/mol. The predicted molar refractivity (Wildman–Crippen MR) is 71.3 cm³/mol. The van der Waals surface area contributed by atoms with Gasteiger partial charge in [0.1, 0.15) is 5.82 Å². The van der Waals surface area contributed by atoms with E-state index in [4.69, 9.17) is 0 Å². The molecule has 1 aromatic carbocycles. The monoisotopic (exact) mass is 302 g/mol. The van der Waals surface area contributed by atoms with Crippen LogP contribution in [-0.2, 0) is 6.18 Å². The second-order valence-corrected chi connectivity index (χ2v) is 5.77. The molecule has 2 fully saturated rings. The Balaban J connectivity index is 2.02. The topological polar surface area (TPSA) is 15.3 Å². The third-order valence-electron chi connectivity index (χ3n) is 4.27. The molecule has 0 radical (unpaired) electrons. The number of rotatable bonds is 3. The zero-order chi connectivity index (χ0) is 15.0. The van der Waals surface area contributed by atoms with Crippen molar-refractivity contribution in [3.8, 4) is 0 Å². The van der Waals surface area contributed by atoms with Crippen molar-refractivity contribution in [2.24, 2.45) is 5.92 Å². The second kappa shape index (κ2) is 5.57. The van der Waals surface area contributed by atoms with Crippen LogP contribution in [0.3, 0.4) is 0 Å². The number of alkyl halides is 3. The molecule has 116 valence electrons. The minimum Gasteiger partial charge on any atom is -0.314 e. The summed E-state index contributed by atoms with van der Waals surface area (Å²) >= 11 is 0. The maximum atomic E-state index is 14.2. The molecule has 3 rings (SSSR count). The highest BCUT2D eigenvalue weighted by molar-refractivity contribution is 5.35. The number of halogens is 4. The molecule has 21 heavy (non-hydrogen) atoms.